The summed E-state index contributed by atoms with van der Waals surface area (Å²) in [5.41, 5.74) is 13.7. The van der Waals surface area contributed by atoms with E-state index in [1.54, 1.807) is 0 Å². The van der Waals surface area contributed by atoms with Gasteiger partial charge in [-0.3, -0.25) is 9.79 Å². The van der Waals surface area contributed by atoms with Gasteiger partial charge in [-0.1, -0.05) is 75.0 Å². The van der Waals surface area contributed by atoms with E-state index in [9.17, 15) is 15.0 Å². The van der Waals surface area contributed by atoms with Crippen molar-refractivity contribution < 1.29 is 24.5 Å². The average Bonchev–Trinajstić information content (AvgIpc) is 3.89. The third-order valence-corrected chi connectivity index (χ3v) is 11.7. The summed E-state index contributed by atoms with van der Waals surface area (Å²) in [6.07, 6.45) is 17.5. The standard InChI is InChI=1S/C44H48N4O5/c1-2-3-4-7-30(49)24-31(50)10-8-28-9-15-40-41(22-28)53-43-37(44(19-21-52-40)17-5-6-18-44)13-14-39(51)33-11-12-34-32(16-20-46-42(34)45)35(33)23-29-25-47-38-27-48(43)26-36(29)38/h9,11-12,15-16,20,22,25-26,30,37,39,42-43,46,49,51H,2-8,10,17-18,23-24,27,45H2,1H3. The summed E-state index contributed by atoms with van der Waals surface area (Å²) in [4.78, 5) is 19.9. The molecule has 1 aliphatic carbocycles. The van der Waals surface area contributed by atoms with E-state index < -0.39 is 29.8 Å². The van der Waals surface area contributed by atoms with Crippen LogP contribution < -0.4 is 20.5 Å². The number of ketones is 1. The summed E-state index contributed by atoms with van der Waals surface area (Å²) in [7, 11) is 0. The van der Waals surface area contributed by atoms with Crippen LogP contribution in [0, 0.1) is 35.2 Å². The maximum Gasteiger partial charge on any atom is 0.187 e. The number of fused-ring (bicyclic) bond motifs is 8. The van der Waals surface area contributed by atoms with Crippen molar-refractivity contribution in [3.8, 4) is 35.4 Å². The lowest BCUT2D eigenvalue weighted by Crippen LogP contribution is -2.47. The molecule has 0 saturated heterocycles. The second kappa shape index (κ2) is 14.9. The summed E-state index contributed by atoms with van der Waals surface area (Å²) in [6.45, 7) is 2.67. The fourth-order valence-electron chi connectivity index (χ4n) is 8.74. The Morgan fingerprint density at radius 3 is 2.85 bits per heavy atom. The zero-order chi connectivity index (χ0) is 36.5. The van der Waals surface area contributed by atoms with Crippen LogP contribution in [0.2, 0.25) is 0 Å². The third kappa shape index (κ3) is 7.02. The van der Waals surface area contributed by atoms with Gasteiger partial charge in [-0.2, -0.15) is 0 Å². The molecule has 0 radical (unpaired) electrons. The summed E-state index contributed by atoms with van der Waals surface area (Å²) in [5.74, 6) is 11.1. The monoisotopic (exact) mass is 712 g/mol. The number of hydrogen-bond donors (Lipinski definition) is 4. The number of carbonyl (C=O) groups excluding carboxylic acids is 1. The minimum absolute atomic E-state index is 0.0504. The van der Waals surface area contributed by atoms with Crippen molar-refractivity contribution in [2.24, 2.45) is 22.1 Å². The Labute approximate surface area is 312 Å². The van der Waals surface area contributed by atoms with E-state index >= 15 is 0 Å². The van der Waals surface area contributed by atoms with Gasteiger partial charge < -0.3 is 35.6 Å². The maximum absolute atomic E-state index is 12.8. The number of nitrogens with one attached hydrogen (secondary N) is 1. The fourth-order valence-corrected chi connectivity index (χ4v) is 8.74. The number of ether oxygens (including phenoxy) is 2. The van der Waals surface area contributed by atoms with Gasteiger partial charge >= 0.3 is 0 Å². The van der Waals surface area contributed by atoms with Crippen LogP contribution in [0.15, 0.2) is 65.1 Å². The number of aliphatic imine (C=N–C) groups is 1. The highest BCUT2D eigenvalue weighted by Crippen LogP contribution is 2.49. The highest BCUT2D eigenvalue weighted by molar-refractivity contribution is 6.09. The molecular formula is C44H48N4O5. The van der Waals surface area contributed by atoms with E-state index in [4.69, 9.17) is 20.2 Å². The molecule has 274 valence electrons. The van der Waals surface area contributed by atoms with E-state index in [1.807, 2.05) is 48.8 Å². The number of carbonyl (C=O) groups is 1. The van der Waals surface area contributed by atoms with Gasteiger partial charge in [0.25, 0.3) is 0 Å². The lowest BCUT2D eigenvalue weighted by molar-refractivity contribution is -0.121. The van der Waals surface area contributed by atoms with Gasteiger partial charge in [0.05, 0.1) is 29.7 Å². The molecule has 5 N–H and O–H groups in total. The van der Waals surface area contributed by atoms with Crippen LogP contribution in [0.4, 0.5) is 0 Å². The largest absolute Gasteiger partial charge is 0.465 e. The molecule has 2 aromatic carbocycles. The van der Waals surface area contributed by atoms with Crippen molar-refractivity contribution in [1.29, 1.82) is 0 Å². The molecule has 6 aliphatic rings. The molecule has 9 nitrogen and oxygen atoms in total. The smallest absolute Gasteiger partial charge is 0.187 e. The van der Waals surface area contributed by atoms with Gasteiger partial charge in [0, 0.05) is 37.2 Å². The van der Waals surface area contributed by atoms with Crippen molar-refractivity contribution >= 4 is 17.6 Å². The normalized spacial score (nSPS) is 24.8. The second-order valence-corrected chi connectivity index (χ2v) is 15.3. The van der Waals surface area contributed by atoms with Crippen molar-refractivity contribution in [2.75, 3.05) is 6.54 Å². The van der Waals surface area contributed by atoms with Crippen LogP contribution in [-0.2, 0) is 17.6 Å². The summed E-state index contributed by atoms with van der Waals surface area (Å²) in [6, 6.07) is 9.71. The Morgan fingerprint density at radius 2 is 2.00 bits per heavy atom. The summed E-state index contributed by atoms with van der Waals surface area (Å²) < 4.78 is 13.2. The van der Waals surface area contributed by atoms with Gasteiger partial charge in [0.1, 0.15) is 24.2 Å². The number of aryl methyl sites for hydroxylation is 1. The van der Waals surface area contributed by atoms with Gasteiger partial charge in [-0.25, -0.2) is 0 Å². The van der Waals surface area contributed by atoms with Gasteiger partial charge in [-0.15, -0.1) is 0 Å². The lowest BCUT2D eigenvalue weighted by atomic mass is 9.73. The van der Waals surface area contributed by atoms with Crippen LogP contribution in [-0.4, -0.2) is 45.5 Å². The zero-order valence-electron chi connectivity index (χ0n) is 30.4. The molecule has 1 fully saturated rings. The number of Topliss-reactive ketones (excluding diaryl/α,β-unsaturated/α-hetero) is 1. The molecule has 53 heavy (non-hydrogen) atoms. The third-order valence-electron chi connectivity index (χ3n) is 11.7. The molecule has 1 saturated carbocycles. The maximum atomic E-state index is 12.8. The average molecular weight is 713 g/mol. The zero-order valence-corrected chi connectivity index (χ0v) is 30.4. The molecule has 5 unspecified atom stereocenters. The SMILES string of the molecule is CCCCCC(O)CC(=O)CCc1ccc2c(c1)OC1C(C#CC(O)c3ccc4c(c3CC3=CN=C5CN1C=C35)C=CNC4N)C1(C#CO2)CCCC1. The minimum atomic E-state index is -1.05. The Balaban J connectivity index is 1.15. The van der Waals surface area contributed by atoms with Crippen molar-refractivity contribution in [3.63, 3.8) is 0 Å². The van der Waals surface area contributed by atoms with Gasteiger partial charge in [0.2, 0.25) is 0 Å². The number of aliphatic hydroxyl groups excluding tert-OH is 2. The first-order chi connectivity index (χ1) is 25.8. The number of nitrogens with two attached hydrogens (primary N) is 1. The van der Waals surface area contributed by atoms with E-state index in [1.165, 1.54) is 0 Å². The number of aliphatic hydroxyl groups is 2. The number of nitrogens with zero attached hydrogens (tertiary/aromatic N) is 2. The molecule has 0 amide bonds. The first-order valence-corrected chi connectivity index (χ1v) is 19.3. The first kappa shape index (κ1) is 35.2. The highest BCUT2D eigenvalue weighted by atomic mass is 16.5. The Hall–Kier alpha value is -4.80. The number of allylic oxidation sites excluding steroid dienone is 1. The summed E-state index contributed by atoms with van der Waals surface area (Å²) >= 11 is 0. The van der Waals surface area contributed by atoms with Crippen LogP contribution in [0.3, 0.4) is 0 Å². The van der Waals surface area contributed by atoms with Crippen LogP contribution in [0.5, 0.6) is 11.5 Å². The van der Waals surface area contributed by atoms with Crippen molar-refractivity contribution in [3.05, 3.63) is 87.9 Å². The van der Waals surface area contributed by atoms with E-state index in [-0.39, 0.29) is 18.4 Å². The first-order valence-electron chi connectivity index (χ1n) is 19.3. The summed E-state index contributed by atoms with van der Waals surface area (Å²) in [5, 5.41) is 25.4. The van der Waals surface area contributed by atoms with Crippen molar-refractivity contribution in [1.82, 2.24) is 10.2 Å². The second-order valence-electron chi connectivity index (χ2n) is 15.3. The molecule has 2 bridgehead atoms. The lowest BCUT2D eigenvalue weighted by Gasteiger charge is -2.39. The van der Waals surface area contributed by atoms with Crippen LogP contribution >= 0.6 is 0 Å². The molecular weight excluding hydrogens is 665 g/mol. The van der Waals surface area contributed by atoms with Gasteiger partial charge in [0.15, 0.2) is 17.7 Å². The Bertz CT molecular complexity index is 2030. The van der Waals surface area contributed by atoms with E-state index in [2.05, 4.69) is 47.2 Å². The number of unbranched alkanes of at least 4 members (excludes halogenated alkanes) is 2. The molecule has 0 aromatic heterocycles. The predicted octanol–water partition coefficient (Wildman–Crippen LogP) is 6.12. The fraction of sp³-hybridized carbons (Fsp3) is 0.455. The Morgan fingerprint density at radius 1 is 1.15 bits per heavy atom. The Kier molecular flexibility index (Phi) is 9.91. The van der Waals surface area contributed by atoms with Crippen LogP contribution in [0.25, 0.3) is 6.08 Å². The van der Waals surface area contributed by atoms with Crippen molar-refractivity contribution in [2.45, 2.75) is 109 Å². The topological polar surface area (TPSA) is 130 Å². The molecule has 1 spiro atoms. The number of hydrogen-bond acceptors (Lipinski definition) is 9. The molecule has 5 atom stereocenters. The van der Waals surface area contributed by atoms with Gasteiger partial charge in [-0.05, 0) is 83.5 Å². The minimum Gasteiger partial charge on any atom is -0.465 e. The molecule has 9 heteroatoms. The number of rotatable bonds is 9. The molecule has 8 rings (SSSR count). The molecule has 5 aliphatic heterocycles. The van der Waals surface area contributed by atoms with E-state index in [0.717, 1.165) is 89.6 Å². The molecule has 5 heterocycles. The predicted molar refractivity (Wildman–Crippen MR) is 204 cm³/mol. The number of benzene rings is 2. The quantitative estimate of drug-likeness (QED) is 0.181. The highest BCUT2D eigenvalue weighted by Gasteiger charge is 2.48. The van der Waals surface area contributed by atoms with E-state index in [0.29, 0.717) is 43.7 Å². The molecule has 2 aromatic rings. The van der Waals surface area contributed by atoms with Crippen LogP contribution in [0.1, 0.15) is 111 Å².